The minimum Gasteiger partial charge on any atom is -0.494 e. The lowest BCUT2D eigenvalue weighted by Gasteiger charge is -2.08. The number of halogens is 1. The van der Waals surface area contributed by atoms with Crippen LogP contribution in [0.1, 0.15) is 17.3 Å². The zero-order valence-electron chi connectivity index (χ0n) is 18.8. The van der Waals surface area contributed by atoms with E-state index in [1.54, 1.807) is 18.2 Å². The van der Waals surface area contributed by atoms with Crippen molar-refractivity contribution in [2.24, 2.45) is 0 Å². The van der Waals surface area contributed by atoms with Crippen molar-refractivity contribution < 1.29 is 18.7 Å². The molecule has 9 heteroatoms. The van der Waals surface area contributed by atoms with Crippen LogP contribution < -0.4 is 15.4 Å². The van der Waals surface area contributed by atoms with Gasteiger partial charge in [-0.2, -0.15) is 0 Å². The highest BCUT2D eigenvalue weighted by Gasteiger charge is 2.10. The number of carbonyl (C=O) groups is 2. The second kappa shape index (κ2) is 11.6. The Morgan fingerprint density at radius 2 is 1.80 bits per heavy atom. The summed E-state index contributed by atoms with van der Waals surface area (Å²) >= 11 is 2.71. The number of hydrogen-bond acceptors (Lipinski definition) is 6. The molecule has 6 nitrogen and oxygen atoms in total. The van der Waals surface area contributed by atoms with E-state index in [0.29, 0.717) is 23.0 Å². The minimum atomic E-state index is -0.400. The van der Waals surface area contributed by atoms with Gasteiger partial charge in [0.15, 0.2) is 5.13 Å². The van der Waals surface area contributed by atoms with Gasteiger partial charge in [-0.3, -0.25) is 9.59 Å². The molecule has 2 N–H and O–H groups in total. The topological polar surface area (TPSA) is 80.3 Å². The van der Waals surface area contributed by atoms with Crippen LogP contribution in [-0.2, 0) is 4.79 Å². The molecule has 0 fully saturated rings. The van der Waals surface area contributed by atoms with Crippen LogP contribution in [-0.4, -0.2) is 29.2 Å². The largest absolute Gasteiger partial charge is 0.494 e. The number of rotatable bonds is 9. The molecule has 0 saturated carbocycles. The van der Waals surface area contributed by atoms with E-state index in [0.717, 1.165) is 21.9 Å². The fourth-order valence-electron chi connectivity index (χ4n) is 3.12. The Labute approximate surface area is 210 Å². The first-order valence-electron chi connectivity index (χ1n) is 10.8. The van der Waals surface area contributed by atoms with Gasteiger partial charge in [0.05, 0.1) is 18.1 Å². The van der Waals surface area contributed by atoms with Crippen molar-refractivity contribution in [3.8, 4) is 17.0 Å². The highest BCUT2D eigenvalue weighted by Crippen LogP contribution is 2.27. The van der Waals surface area contributed by atoms with E-state index < -0.39 is 5.82 Å². The molecule has 178 valence electrons. The molecule has 3 aromatic carbocycles. The van der Waals surface area contributed by atoms with Crippen LogP contribution in [0.25, 0.3) is 11.3 Å². The zero-order chi connectivity index (χ0) is 24.6. The van der Waals surface area contributed by atoms with Crippen LogP contribution in [0.4, 0.5) is 15.2 Å². The first-order chi connectivity index (χ1) is 17.0. The first kappa shape index (κ1) is 24.4. The summed E-state index contributed by atoms with van der Waals surface area (Å²) in [6, 6.07) is 20.2. The summed E-state index contributed by atoms with van der Waals surface area (Å²) in [6.45, 7) is 2.55. The van der Waals surface area contributed by atoms with Gasteiger partial charge < -0.3 is 15.4 Å². The van der Waals surface area contributed by atoms with Gasteiger partial charge in [-0.15, -0.1) is 23.1 Å². The van der Waals surface area contributed by atoms with Crippen molar-refractivity contribution in [3.05, 3.63) is 89.6 Å². The summed E-state index contributed by atoms with van der Waals surface area (Å²) in [6.07, 6.45) is 0. The van der Waals surface area contributed by atoms with Gasteiger partial charge in [0.2, 0.25) is 5.91 Å². The first-order valence-corrected chi connectivity index (χ1v) is 12.6. The van der Waals surface area contributed by atoms with Gasteiger partial charge in [0.1, 0.15) is 11.6 Å². The van der Waals surface area contributed by atoms with Crippen LogP contribution in [0.2, 0.25) is 0 Å². The molecule has 0 atom stereocenters. The Balaban J connectivity index is 1.29. The molecule has 0 spiro atoms. The van der Waals surface area contributed by atoms with E-state index in [9.17, 15) is 14.0 Å². The average Bonchev–Trinajstić information content (AvgIpc) is 3.32. The molecule has 2 amide bonds. The van der Waals surface area contributed by atoms with Crippen molar-refractivity contribution in [2.45, 2.75) is 11.8 Å². The normalized spacial score (nSPS) is 10.6. The quantitative estimate of drug-likeness (QED) is 0.259. The third kappa shape index (κ3) is 6.91. The lowest BCUT2D eigenvalue weighted by atomic mass is 10.2. The number of carbonyl (C=O) groups excluding carboxylic acids is 2. The predicted octanol–water partition coefficient (Wildman–Crippen LogP) is 6.33. The summed E-state index contributed by atoms with van der Waals surface area (Å²) < 4.78 is 18.5. The number of anilines is 2. The average molecular weight is 508 g/mol. The number of amides is 2. The Morgan fingerprint density at radius 3 is 2.54 bits per heavy atom. The number of thioether (sulfide) groups is 1. The van der Waals surface area contributed by atoms with Crippen molar-refractivity contribution in [2.75, 3.05) is 23.0 Å². The summed E-state index contributed by atoms with van der Waals surface area (Å²) in [4.78, 5) is 30.1. The van der Waals surface area contributed by atoms with Gasteiger partial charge in [-0.25, -0.2) is 9.37 Å². The molecular weight excluding hydrogens is 485 g/mol. The van der Waals surface area contributed by atoms with E-state index in [1.165, 1.54) is 47.4 Å². The van der Waals surface area contributed by atoms with Gasteiger partial charge in [-0.1, -0.05) is 6.07 Å². The maximum absolute atomic E-state index is 13.1. The molecule has 35 heavy (non-hydrogen) atoms. The predicted molar refractivity (Wildman–Crippen MR) is 139 cm³/mol. The number of nitrogens with zero attached hydrogens (tertiary/aromatic N) is 1. The maximum Gasteiger partial charge on any atom is 0.255 e. The standard InChI is InChI=1S/C26H22FN3O3S2/c1-2-33-21-12-8-17(9-13-21)23-15-35-26(29-23)30-24(31)16-34-22-5-3-4-20(14-22)28-25(32)18-6-10-19(27)11-7-18/h3-15H,2,16H2,1H3,(H,28,32)(H,29,30,31). The van der Waals surface area contributed by atoms with Gasteiger partial charge in [0, 0.05) is 27.1 Å². The highest BCUT2D eigenvalue weighted by molar-refractivity contribution is 8.00. The second-order valence-electron chi connectivity index (χ2n) is 7.32. The minimum absolute atomic E-state index is 0.177. The lowest BCUT2D eigenvalue weighted by molar-refractivity contribution is -0.113. The zero-order valence-corrected chi connectivity index (χ0v) is 20.4. The Kier molecular flexibility index (Phi) is 8.12. The molecule has 1 aromatic heterocycles. The third-order valence-electron chi connectivity index (χ3n) is 4.78. The van der Waals surface area contributed by atoms with Gasteiger partial charge >= 0.3 is 0 Å². The van der Waals surface area contributed by atoms with E-state index in [2.05, 4.69) is 15.6 Å². The van der Waals surface area contributed by atoms with Crippen LogP contribution >= 0.6 is 23.1 Å². The third-order valence-corrected chi connectivity index (χ3v) is 6.53. The Hall–Kier alpha value is -3.69. The molecule has 4 aromatic rings. The summed E-state index contributed by atoms with van der Waals surface area (Å²) in [5, 5.41) is 8.03. The van der Waals surface area contributed by atoms with E-state index in [4.69, 9.17) is 4.74 Å². The molecule has 0 aliphatic rings. The number of aromatic nitrogens is 1. The summed E-state index contributed by atoms with van der Waals surface area (Å²) in [5.74, 6) is 0.0766. The molecule has 0 unspecified atom stereocenters. The van der Waals surface area contributed by atoms with Crippen molar-refractivity contribution in [1.29, 1.82) is 0 Å². The second-order valence-corrected chi connectivity index (χ2v) is 9.23. The molecule has 0 saturated heterocycles. The molecule has 4 rings (SSSR count). The smallest absolute Gasteiger partial charge is 0.255 e. The molecule has 0 bridgehead atoms. The summed E-state index contributed by atoms with van der Waals surface area (Å²) in [5.41, 5.74) is 2.67. The van der Waals surface area contributed by atoms with Gasteiger partial charge in [0.25, 0.3) is 5.91 Å². The fraction of sp³-hybridized carbons (Fsp3) is 0.115. The van der Waals surface area contributed by atoms with Crippen molar-refractivity contribution >= 4 is 45.7 Å². The monoisotopic (exact) mass is 507 g/mol. The molecule has 1 heterocycles. The Bertz CT molecular complexity index is 1310. The van der Waals surface area contributed by atoms with Crippen LogP contribution in [0, 0.1) is 5.82 Å². The lowest BCUT2D eigenvalue weighted by Crippen LogP contribution is -2.14. The van der Waals surface area contributed by atoms with Crippen LogP contribution in [0.15, 0.2) is 83.1 Å². The van der Waals surface area contributed by atoms with E-state index >= 15 is 0 Å². The number of nitrogens with one attached hydrogen (secondary N) is 2. The van der Waals surface area contributed by atoms with Crippen molar-refractivity contribution in [3.63, 3.8) is 0 Å². The molecular formula is C26H22FN3O3S2. The highest BCUT2D eigenvalue weighted by atomic mass is 32.2. The number of benzene rings is 3. The van der Waals surface area contributed by atoms with Crippen LogP contribution in [0.3, 0.4) is 0 Å². The van der Waals surface area contributed by atoms with Crippen molar-refractivity contribution in [1.82, 2.24) is 4.98 Å². The van der Waals surface area contributed by atoms with Gasteiger partial charge in [-0.05, 0) is 73.7 Å². The molecule has 0 aliphatic heterocycles. The maximum atomic E-state index is 13.1. The Morgan fingerprint density at radius 1 is 1.03 bits per heavy atom. The number of ether oxygens (including phenoxy) is 1. The number of thiazole rings is 1. The molecule has 0 radical (unpaired) electrons. The molecule has 0 aliphatic carbocycles. The SMILES string of the molecule is CCOc1ccc(-c2csc(NC(=O)CSc3cccc(NC(=O)c4ccc(F)cc4)c3)n2)cc1. The van der Waals surface area contributed by atoms with E-state index in [1.807, 2.05) is 42.6 Å². The summed E-state index contributed by atoms with van der Waals surface area (Å²) in [7, 11) is 0. The van der Waals surface area contributed by atoms with Crippen LogP contribution in [0.5, 0.6) is 5.75 Å². The van der Waals surface area contributed by atoms with E-state index in [-0.39, 0.29) is 17.6 Å². The fourth-order valence-corrected chi connectivity index (χ4v) is 4.62. The number of hydrogen-bond donors (Lipinski definition) is 2.